The maximum Gasteiger partial charge on any atom is 0.408 e. The van der Waals surface area contributed by atoms with Gasteiger partial charge in [0.05, 0.1) is 17.1 Å². The lowest BCUT2D eigenvalue weighted by molar-refractivity contribution is -0.134. The number of aromatic nitrogens is 3. The van der Waals surface area contributed by atoms with Crippen molar-refractivity contribution in [3.05, 3.63) is 66.1 Å². The van der Waals surface area contributed by atoms with Gasteiger partial charge in [0.2, 0.25) is 5.91 Å². The number of aryl methyl sites for hydroxylation is 1. The molecule has 2 atom stereocenters. The molecule has 36 heavy (non-hydrogen) atoms. The number of ether oxygens (including phenoxy) is 1. The average Bonchev–Trinajstić information content (AvgIpc) is 3.54. The van der Waals surface area contributed by atoms with Crippen LogP contribution in [0.25, 0.3) is 21.9 Å². The van der Waals surface area contributed by atoms with Gasteiger partial charge >= 0.3 is 6.09 Å². The van der Waals surface area contributed by atoms with Gasteiger partial charge in [-0.25, -0.2) is 9.78 Å². The molecule has 0 unspecified atom stereocenters. The van der Waals surface area contributed by atoms with Crippen LogP contribution in [0.1, 0.15) is 51.0 Å². The molecule has 1 aliphatic heterocycles. The molecule has 3 heterocycles. The molecule has 2 aromatic heterocycles. The number of H-pyrrole nitrogens is 1. The van der Waals surface area contributed by atoms with E-state index in [9.17, 15) is 9.59 Å². The molecule has 5 rings (SSSR count). The Hall–Kier alpha value is -3.81. The Morgan fingerprint density at radius 1 is 1.17 bits per heavy atom. The van der Waals surface area contributed by atoms with Crippen molar-refractivity contribution in [1.82, 2.24) is 24.8 Å². The first-order chi connectivity index (χ1) is 17.2. The summed E-state index contributed by atoms with van der Waals surface area (Å²) in [6, 6.07) is 15.0. The maximum absolute atomic E-state index is 14.0. The van der Waals surface area contributed by atoms with E-state index in [1.807, 2.05) is 85.9 Å². The van der Waals surface area contributed by atoms with Crippen LogP contribution in [0.4, 0.5) is 4.79 Å². The summed E-state index contributed by atoms with van der Waals surface area (Å²) in [7, 11) is 1.99. The number of benzene rings is 2. The van der Waals surface area contributed by atoms with Crippen molar-refractivity contribution in [3.8, 4) is 0 Å². The molecule has 2 amide bonds. The Morgan fingerprint density at radius 2 is 1.92 bits per heavy atom. The highest BCUT2D eigenvalue weighted by molar-refractivity contribution is 5.89. The number of nitrogens with zero attached hydrogens (tertiary/aromatic N) is 3. The van der Waals surface area contributed by atoms with Crippen LogP contribution in [0.15, 0.2) is 54.7 Å². The van der Waals surface area contributed by atoms with Crippen molar-refractivity contribution in [3.63, 3.8) is 0 Å². The molecule has 8 nitrogen and oxygen atoms in total. The molecular formula is C28H33N5O3. The van der Waals surface area contributed by atoms with Crippen LogP contribution >= 0.6 is 0 Å². The number of nitrogens with one attached hydrogen (secondary N) is 2. The van der Waals surface area contributed by atoms with E-state index < -0.39 is 17.7 Å². The van der Waals surface area contributed by atoms with Gasteiger partial charge in [-0.2, -0.15) is 0 Å². The molecule has 0 saturated carbocycles. The molecule has 2 N–H and O–H groups in total. The number of rotatable bonds is 5. The minimum atomic E-state index is -0.768. The van der Waals surface area contributed by atoms with E-state index in [4.69, 9.17) is 9.72 Å². The molecular weight excluding hydrogens is 454 g/mol. The number of carbonyl (C=O) groups excluding carboxylic acids is 2. The lowest BCUT2D eigenvalue weighted by Gasteiger charge is -2.29. The summed E-state index contributed by atoms with van der Waals surface area (Å²) in [5.41, 5.74) is 3.25. The van der Waals surface area contributed by atoms with E-state index in [1.54, 1.807) is 0 Å². The SMILES string of the molecule is Cn1cc(C[C@@H](NC(=O)OC(C)(C)C)C(=O)N2CCC[C@H]2c2nc3ccccc3[nH]2)c2ccccc21. The number of para-hydroxylation sites is 3. The number of alkyl carbamates (subject to hydrolysis) is 1. The third kappa shape index (κ3) is 4.80. The summed E-state index contributed by atoms with van der Waals surface area (Å²) < 4.78 is 7.57. The van der Waals surface area contributed by atoms with E-state index in [0.29, 0.717) is 13.0 Å². The number of imidazole rings is 1. The van der Waals surface area contributed by atoms with Crippen LogP contribution in [-0.2, 0) is 23.0 Å². The summed E-state index contributed by atoms with van der Waals surface area (Å²) in [5.74, 6) is 0.653. The molecule has 1 aliphatic rings. The van der Waals surface area contributed by atoms with Gasteiger partial charge in [0, 0.05) is 37.1 Å². The van der Waals surface area contributed by atoms with Crippen LogP contribution in [0.3, 0.4) is 0 Å². The minimum absolute atomic E-state index is 0.128. The van der Waals surface area contributed by atoms with Crippen molar-refractivity contribution in [2.75, 3.05) is 6.54 Å². The molecule has 2 aromatic carbocycles. The van der Waals surface area contributed by atoms with E-state index >= 15 is 0 Å². The van der Waals surface area contributed by atoms with E-state index in [1.165, 1.54) is 0 Å². The minimum Gasteiger partial charge on any atom is -0.444 e. The largest absolute Gasteiger partial charge is 0.444 e. The first-order valence-electron chi connectivity index (χ1n) is 12.5. The standard InChI is InChI=1S/C28H33N5O3/c1-28(2,3)36-27(35)31-22(16-18-17-32(4)23-13-8-5-10-19(18)23)26(34)33-15-9-14-24(33)25-29-20-11-6-7-12-21(20)30-25/h5-8,10-13,17,22,24H,9,14-16H2,1-4H3,(H,29,30)(H,31,35)/t22-,24+/m1/s1. The summed E-state index contributed by atoms with van der Waals surface area (Å²) in [6.45, 7) is 6.05. The second kappa shape index (κ2) is 9.33. The summed E-state index contributed by atoms with van der Waals surface area (Å²) in [4.78, 5) is 36.8. The van der Waals surface area contributed by atoms with Gasteiger partial charge in [-0.05, 0) is 57.4 Å². The number of fused-ring (bicyclic) bond motifs is 2. The van der Waals surface area contributed by atoms with Crippen molar-refractivity contribution in [2.24, 2.45) is 7.05 Å². The number of carbonyl (C=O) groups is 2. The number of likely N-dealkylation sites (tertiary alicyclic amines) is 1. The van der Waals surface area contributed by atoms with Crippen molar-refractivity contribution in [1.29, 1.82) is 0 Å². The first kappa shape index (κ1) is 23.9. The van der Waals surface area contributed by atoms with E-state index in [-0.39, 0.29) is 11.9 Å². The molecule has 1 saturated heterocycles. The number of aromatic amines is 1. The van der Waals surface area contributed by atoms with Crippen LogP contribution in [0.2, 0.25) is 0 Å². The summed E-state index contributed by atoms with van der Waals surface area (Å²) in [5, 5.41) is 3.95. The fourth-order valence-electron chi connectivity index (χ4n) is 5.10. The topological polar surface area (TPSA) is 92.2 Å². The van der Waals surface area contributed by atoms with Crippen LogP contribution in [0, 0.1) is 0 Å². The van der Waals surface area contributed by atoms with Crippen molar-refractivity contribution >= 4 is 33.9 Å². The Balaban J connectivity index is 1.45. The predicted molar refractivity (Wildman–Crippen MR) is 140 cm³/mol. The molecule has 0 spiro atoms. The first-order valence-corrected chi connectivity index (χ1v) is 12.5. The lowest BCUT2D eigenvalue weighted by atomic mass is 10.0. The second-order valence-corrected chi connectivity index (χ2v) is 10.5. The Kier molecular flexibility index (Phi) is 6.20. The monoisotopic (exact) mass is 487 g/mol. The normalized spacial score (nSPS) is 17.0. The van der Waals surface area contributed by atoms with Gasteiger partial charge in [0.15, 0.2) is 0 Å². The Labute approximate surface area is 210 Å². The third-order valence-electron chi connectivity index (χ3n) is 6.65. The Bertz CT molecular complexity index is 1380. The molecule has 0 radical (unpaired) electrons. The van der Waals surface area contributed by atoms with Gasteiger partial charge in [0.25, 0.3) is 0 Å². The molecule has 0 aliphatic carbocycles. The molecule has 4 aromatic rings. The zero-order valence-electron chi connectivity index (χ0n) is 21.2. The summed E-state index contributed by atoms with van der Waals surface area (Å²) in [6.07, 6.45) is 3.49. The van der Waals surface area contributed by atoms with Crippen molar-refractivity contribution < 1.29 is 14.3 Å². The van der Waals surface area contributed by atoms with Gasteiger partial charge in [-0.3, -0.25) is 4.79 Å². The number of amides is 2. The summed E-state index contributed by atoms with van der Waals surface area (Å²) >= 11 is 0. The molecule has 1 fully saturated rings. The molecule has 0 bridgehead atoms. The average molecular weight is 488 g/mol. The van der Waals surface area contributed by atoms with Crippen LogP contribution in [0.5, 0.6) is 0 Å². The van der Waals surface area contributed by atoms with Gasteiger partial charge in [0.1, 0.15) is 17.5 Å². The predicted octanol–water partition coefficient (Wildman–Crippen LogP) is 4.85. The number of hydrogen-bond acceptors (Lipinski definition) is 4. The zero-order valence-corrected chi connectivity index (χ0v) is 21.2. The molecule has 8 heteroatoms. The molecule has 188 valence electrons. The van der Waals surface area contributed by atoms with Crippen molar-refractivity contribution in [2.45, 2.75) is 57.7 Å². The van der Waals surface area contributed by atoms with Gasteiger partial charge in [-0.15, -0.1) is 0 Å². The van der Waals surface area contributed by atoms with Gasteiger partial charge in [-0.1, -0.05) is 30.3 Å². The Morgan fingerprint density at radius 3 is 2.69 bits per heavy atom. The maximum atomic E-state index is 14.0. The fourth-order valence-corrected chi connectivity index (χ4v) is 5.10. The van der Waals surface area contributed by atoms with E-state index in [2.05, 4.69) is 16.4 Å². The quantitative estimate of drug-likeness (QED) is 0.421. The third-order valence-corrected chi connectivity index (χ3v) is 6.65. The van der Waals surface area contributed by atoms with Crippen LogP contribution in [-0.4, -0.2) is 49.6 Å². The smallest absolute Gasteiger partial charge is 0.408 e. The highest BCUT2D eigenvalue weighted by atomic mass is 16.6. The second-order valence-electron chi connectivity index (χ2n) is 10.5. The highest BCUT2D eigenvalue weighted by Gasteiger charge is 2.37. The van der Waals surface area contributed by atoms with E-state index in [0.717, 1.165) is 46.2 Å². The fraction of sp³-hybridized carbons (Fsp3) is 0.393. The highest BCUT2D eigenvalue weighted by Crippen LogP contribution is 2.32. The lowest BCUT2D eigenvalue weighted by Crippen LogP contribution is -2.50. The zero-order chi connectivity index (χ0) is 25.4. The van der Waals surface area contributed by atoms with Crippen LogP contribution < -0.4 is 5.32 Å². The van der Waals surface area contributed by atoms with Gasteiger partial charge < -0.3 is 24.5 Å². The number of hydrogen-bond donors (Lipinski definition) is 2.